The minimum atomic E-state index is -1.01. The molecule has 1 amide bonds. The molecule has 0 bridgehead atoms. The first-order valence-corrected chi connectivity index (χ1v) is 13.2. The van der Waals surface area contributed by atoms with Crippen LogP contribution in [0.2, 0.25) is 0 Å². The third kappa shape index (κ3) is 7.19. The van der Waals surface area contributed by atoms with Crippen molar-refractivity contribution in [2.24, 2.45) is 0 Å². The molecule has 0 saturated heterocycles. The maximum Gasteiger partial charge on any atom is 0.253 e. The molecule has 0 radical (unpaired) electrons. The average Bonchev–Trinajstić information content (AvgIpc) is 3.21. The van der Waals surface area contributed by atoms with Crippen molar-refractivity contribution in [1.82, 2.24) is 15.2 Å². The molecule has 0 fully saturated rings. The van der Waals surface area contributed by atoms with Crippen LogP contribution in [0.3, 0.4) is 0 Å². The first kappa shape index (κ1) is 28.2. The highest BCUT2D eigenvalue weighted by molar-refractivity contribution is 5.96. The number of carbonyl (C=O) groups excluding carboxylic acids is 1. The third-order valence-corrected chi connectivity index (χ3v) is 6.93. The summed E-state index contributed by atoms with van der Waals surface area (Å²) in [5.41, 5.74) is 5.73. The van der Waals surface area contributed by atoms with Crippen LogP contribution in [-0.4, -0.2) is 34.3 Å². The van der Waals surface area contributed by atoms with Crippen LogP contribution in [0.1, 0.15) is 45.4 Å². The van der Waals surface area contributed by atoms with Crippen LogP contribution < -0.4 is 10.6 Å². The summed E-state index contributed by atoms with van der Waals surface area (Å²) in [6, 6.07) is 22.2. The van der Waals surface area contributed by atoms with Gasteiger partial charge in [0.25, 0.3) is 5.91 Å². The monoisotopic (exact) mass is 531 g/mol. The number of aliphatic hydroxyl groups is 1. The number of nitrogens with one attached hydrogen (secondary N) is 2. The zero-order valence-electron chi connectivity index (χ0n) is 22.5. The highest BCUT2D eigenvalue weighted by atomic mass is 19.1. The molecule has 0 saturated carbocycles. The molecule has 2 atom stereocenters. The fourth-order valence-electron chi connectivity index (χ4n) is 4.95. The van der Waals surface area contributed by atoms with E-state index in [0.29, 0.717) is 17.7 Å². The molecular weight excluding hydrogens is 496 g/mol. The van der Waals surface area contributed by atoms with Crippen LogP contribution >= 0.6 is 0 Å². The molecule has 0 aliphatic carbocycles. The molecule has 4 rings (SSSR count). The Hall–Kier alpha value is -3.81. The zero-order chi connectivity index (χ0) is 27.9. The molecule has 0 unspecified atom stereocenters. The van der Waals surface area contributed by atoms with Gasteiger partial charge >= 0.3 is 0 Å². The standard InChI is InChI=1S/C32H35F2N3O2/c1-4-23-9-8-10-24(14-23)19-35-20-31(38)30(17-25-15-26(33)18-27(34)16-25)36-32(39)29-13-21(2)37(22(29)3)28-11-6-5-7-12-28/h5-16,18,30-31,35,38H,4,17,19-20H2,1-3H3,(H,36,39)/t30-,31+/m0/s1. The van der Waals surface area contributed by atoms with Gasteiger partial charge in [0.1, 0.15) is 11.6 Å². The molecule has 0 aliphatic heterocycles. The fourth-order valence-corrected chi connectivity index (χ4v) is 4.95. The van der Waals surface area contributed by atoms with Gasteiger partial charge in [-0.1, -0.05) is 49.4 Å². The van der Waals surface area contributed by atoms with Gasteiger partial charge in [0.2, 0.25) is 0 Å². The van der Waals surface area contributed by atoms with E-state index in [-0.39, 0.29) is 18.9 Å². The van der Waals surface area contributed by atoms with Crippen molar-refractivity contribution in [2.45, 2.75) is 52.3 Å². The summed E-state index contributed by atoms with van der Waals surface area (Å²) in [4.78, 5) is 13.5. The first-order chi connectivity index (χ1) is 18.7. The first-order valence-electron chi connectivity index (χ1n) is 13.2. The van der Waals surface area contributed by atoms with Gasteiger partial charge in [-0.3, -0.25) is 4.79 Å². The lowest BCUT2D eigenvalue weighted by Gasteiger charge is -2.25. The van der Waals surface area contributed by atoms with Gasteiger partial charge in [-0.25, -0.2) is 8.78 Å². The zero-order valence-corrected chi connectivity index (χ0v) is 22.5. The molecule has 0 aliphatic rings. The summed E-state index contributed by atoms with van der Waals surface area (Å²) in [5.74, 6) is -1.77. The second-order valence-corrected chi connectivity index (χ2v) is 9.89. The Kier molecular flexibility index (Phi) is 9.28. The van der Waals surface area contributed by atoms with E-state index < -0.39 is 23.8 Å². The van der Waals surface area contributed by atoms with Crippen molar-refractivity contribution >= 4 is 5.91 Å². The van der Waals surface area contributed by atoms with Crippen molar-refractivity contribution in [2.75, 3.05) is 6.54 Å². The SMILES string of the molecule is CCc1cccc(CNC[C@@H](O)[C@H](Cc2cc(F)cc(F)c2)NC(=O)c2cc(C)n(-c3ccccc3)c2C)c1. The summed E-state index contributed by atoms with van der Waals surface area (Å²) in [6.45, 7) is 6.61. The van der Waals surface area contributed by atoms with Crippen LogP contribution in [0, 0.1) is 25.5 Å². The van der Waals surface area contributed by atoms with Crippen molar-refractivity contribution in [1.29, 1.82) is 0 Å². The molecule has 1 heterocycles. The lowest BCUT2D eigenvalue weighted by atomic mass is 10.00. The number of aromatic nitrogens is 1. The predicted octanol–water partition coefficient (Wildman–Crippen LogP) is 5.43. The van der Waals surface area contributed by atoms with E-state index in [0.717, 1.165) is 35.1 Å². The third-order valence-electron chi connectivity index (χ3n) is 6.93. The number of amides is 1. The van der Waals surface area contributed by atoms with Crippen LogP contribution in [0.4, 0.5) is 8.78 Å². The van der Waals surface area contributed by atoms with Crippen LogP contribution in [0.15, 0.2) is 78.9 Å². The van der Waals surface area contributed by atoms with Gasteiger partial charge in [0.15, 0.2) is 0 Å². The second-order valence-electron chi connectivity index (χ2n) is 9.89. The van der Waals surface area contributed by atoms with Crippen molar-refractivity contribution in [3.63, 3.8) is 0 Å². The molecule has 1 aromatic heterocycles. The second kappa shape index (κ2) is 12.8. The highest BCUT2D eigenvalue weighted by Gasteiger charge is 2.25. The van der Waals surface area contributed by atoms with Crippen LogP contribution in [0.25, 0.3) is 5.69 Å². The molecule has 4 aromatic rings. The van der Waals surface area contributed by atoms with Crippen molar-refractivity contribution < 1.29 is 18.7 Å². The number of benzene rings is 3. The van der Waals surface area contributed by atoms with Gasteiger partial charge < -0.3 is 20.3 Å². The Morgan fingerprint density at radius 3 is 2.28 bits per heavy atom. The number of halogens is 2. The Bertz CT molecular complexity index is 1400. The van der Waals surface area contributed by atoms with Crippen molar-refractivity contribution in [3.8, 4) is 5.69 Å². The Labute approximate surface area is 228 Å². The van der Waals surface area contributed by atoms with Gasteiger partial charge in [-0.05, 0) is 73.7 Å². The summed E-state index contributed by atoms with van der Waals surface area (Å²) in [7, 11) is 0. The van der Waals surface area contributed by atoms with E-state index in [9.17, 15) is 18.7 Å². The minimum Gasteiger partial charge on any atom is -0.390 e. The minimum absolute atomic E-state index is 0.0615. The topological polar surface area (TPSA) is 66.3 Å². The normalized spacial score (nSPS) is 12.8. The quantitative estimate of drug-likeness (QED) is 0.242. The molecule has 0 spiro atoms. The number of aliphatic hydroxyl groups excluding tert-OH is 1. The van der Waals surface area contributed by atoms with E-state index in [4.69, 9.17) is 0 Å². The van der Waals surface area contributed by atoms with E-state index >= 15 is 0 Å². The fraction of sp³-hybridized carbons (Fsp3) is 0.281. The summed E-state index contributed by atoms with van der Waals surface area (Å²) >= 11 is 0. The molecule has 39 heavy (non-hydrogen) atoms. The maximum atomic E-state index is 13.9. The van der Waals surface area contributed by atoms with Crippen molar-refractivity contribution in [3.05, 3.63) is 124 Å². The Morgan fingerprint density at radius 1 is 0.897 bits per heavy atom. The molecule has 3 aromatic carbocycles. The van der Waals surface area contributed by atoms with E-state index in [1.807, 2.05) is 66.9 Å². The van der Waals surface area contributed by atoms with Gasteiger partial charge in [0.05, 0.1) is 17.7 Å². The largest absolute Gasteiger partial charge is 0.390 e. The smallest absolute Gasteiger partial charge is 0.253 e. The number of nitrogens with zero attached hydrogens (tertiary/aromatic N) is 1. The molecule has 7 heteroatoms. The molecular formula is C32H35F2N3O2. The number of rotatable bonds is 11. The summed E-state index contributed by atoms with van der Waals surface area (Å²) < 4.78 is 29.8. The maximum absolute atomic E-state index is 13.9. The Morgan fingerprint density at radius 2 is 1.59 bits per heavy atom. The average molecular weight is 532 g/mol. The Balaban J connectivity index is 1.52. The number of hydrogen-bond donors (Lipinski definition) is 3. The van der Waals surface area contributed by atoms with E-state index in [1.165, 1.54) is 17.7 Å². The lowest BCUT2D eigenvalue weighted by molar-refractivity contribution is 0.0829. The number of aryl methyl sites for hydroxylation is 2. The van der Waals surface area contributed by atoms with E-state index in [1.54, 1.807) is 0 Å². The molecule has 204 valence electrons. The van der Waals surface area contributed by atoms with E-state index in [2.05, 4.69) is 29.7 Å². The number of para-hydroxylation sites is 1. The van der Waals surface area contributed by atoms with Gasteiger partial charge in [0, 0.05) is 36.2 Å². The van der Waals surface area contributed by atoms with Crippen LogP contribution in [0.5, 0.6) is 0 Å². The van der Waals surface area contributed by atoms with Crippen LogP contribution in [-0.2, 0) is 19.4 Å². The number of carbonyl (C=O) groups is 1. The highest BCUT2D eigenvalue weighted by Crippen LogP contribution is 2.21. The summed E-state index contributed by atoms with van der Waals surface area (Å²) in [6.07, 6.45) is -0.0154. The molecule has 5 nitrogen and oxygen atoms in total. The predicted molar refractivity (Wildman–Crippen MR) is 150 cm³/mol. The number of hydrogen-bond acceptors (Lipinski definition) is 3. The molecule has 3 N–H and O–H groups in total. The van der Waals surface area contributed by atoms with Gasteiger partial charge in [-0.15, -0.1) is 0 Å². The van der Waals surface area contributed by atoms with Gasteiger partial charge in [-0.2, -0.15) is 0 Å². The lowest BCUT2D eigenvalue weighted by Crippen LogP contribution is -2.48. The summed E-state index contributed by atoms with van der Waals surface area (Å²) in [5, 5.41) is 17.3.